The van der Waals surface area contributed by atoms with Crippen LogP contribution in [0.3, 0.4) is 0 Å². The van der Waals surface area contributed by atoms with Gasteiger partial charge in [-0.25, -0.2) is 13.2 Å². The molecule has 0 bridgehead atoms. The molecule has 0 saturated carbocycles. The Kier molecular flexibility index (Phi) is 6.10. The van der Waals surface area contributed by atoms with E-state index in [1.165, 1.54) is 26.4 Å². The van der Waals surface area contributed by atoms with Crippen LogP contribution < -0.4 is 14.8 Å². The molecule has 0 fully saturated rings. The monoisotopic (exact) mass is 378 g/mol. The Morgan fingerprint density at radius 2 is 1.69 bits per heavy atom. The largest absolute Gasteiger partial charge is 0.497 e. The summed E-state index contributed by atoms with van der Waals surface area (Å²) in [5.41, 5.74) is 0.926. The highest BCUT2D eigenvalue weighted by atomic mass is 32.2. The number of rotatable bonds is 7. The average Bonchev–Trinajstić information content (AvgIpc) is 2.61. The van der Waals surface area contributed by atoms with Crippen LogP contribution in [-0.4, -0.2) is 34.6 Å². The minimum atomic E-state index is -3.93. The second kappa shape index (κ2) is 8.09. The van der Waals surface area contributed by atoms with E-state index in [4.69, 9.17) is 4.74 Å². The summed E-state index contributed by atoms with van der Waals surface area (Å²) in [5.74, 6) is 0.00444. The quantitative estimate of drug-likeness (QED) is 0.719. The number of benzene rings is 2. The summed E-state index contributed by atoms with van der Waals surface area (Å²) < 4.78 is 38.0. The van der Waals surface area contributed by atoms with Crippen molar-refractivity contribution in [2.45, 2.75) is 24.8 Å². The Bertz CT molecular complexity index is 877. The van der Waals surface area contributed by atoms with Gasteiger partial charge in [0.1, 0.15) is 10.6 Å². The maximum atomic E-state index is 12.9. The number of anilines is 2. The van der Waals surface area contributed by atoms with Gasteiger partial charge in [0.25, 0.3) is 10.0 Å². The SMILES string of the molecule is COC(=O)c1ccc(NC(C)C)c(S(=O)(=O)Nc2ccc(OC)cc2)c1. The number of sulfonamides is 1. The van der Waals surface area contributed by atoms with E-state index in [1.807, 2.05) is 13.8 Å². The Balaban J connectivity index is 2.44. The molecule has 140 valence electrons. The van der Waals surface area contributed by atoms with Crippen molar-refractivity contribution in [3.8, 4) is 5.75 Å². The zero-order chi connectivity index (χ0) is 19.3. The van der Waals surface area contributed by atoms with Crippen molar-refractivity contribution in [1.29, 1.82) is 0 Å². The minimum absolute atomic E-state index is 0.00825. The summed E-state index contributed by atoms with van der Waals surface area (Å²) in [6.07, 6.45) is 0. The first kappa shape index (κ1) is 19.6. The van der Waals surface area contributed by atoms with Crippen molar-refractivity contribution < 1.29 is 22.7 Å². The lowest BCUT2D eigenvalue weighted by molar-refractivity contribution is 0.0600. The minimum Gasteiger partial charge on any atom is -0.497 e. The highest BCUT2D eigenvalue weighted by Gasteiger charge is 2.22. The number of esters is 1. The smallest absolute Gasteiger partial charge is 0.337 e. The molecule has 0 aliphatic rings. The molecule has 2 aromatic rings. The van der Waals surface area contributed by atoms with E-state index >= 15 is 0 Å². The summed E-state index contributed by atoms with van der Waals surface area (Å²) in [6, 6.07) is 10.9. The van der Waals surface area contributed by atoms with Crippen LogP contribution in [0.5, 0.6) is 5.75 Å². The van der Waals surface area contributed by atoms with Crippen molar-refractivity contribution in [2.24, 2.45) is 0 Å². The summed E-state index contributed by atoms with van der Waals surface area (Å²) >= 11 is 0. The van der Waals surface area contributed by atoms with Gasteiger partial charge >= 0.3 is 5.97 Å². The second-order valence-electron chi connectivity index (χ2n) is 5.84. The van der Waals surface area contributed by atoms with E-state index in [0.29, 0.717) is 17.1 Å². The Hall–Kier alpha value is -2.74. The van der Waals surface area contributed by atoms with Crippen molar-refractivity contribution in [1.82, 2.24) is 0 Å². The lowest BCUT2D eigenvalue weighted by Gasteiger charge is -2.17. The molecule has 0 radical (unpaired) electrons. The molecule has 2 N–H and O–H groups in total. The molecule has 0 spiro atoms. The molecule has 0 aliphatic carbocycles. The molecular weight excluding hydrogens is 356 g/mol. The van der Waals surface area contributed by atoms with E-state index in [1.54, 1.807) is 30.3 Å². The van der Waals surface area contributed by atoms with Crippen LogP contribution in [-0.2, 0) is 14.8 Å². The number of nitrogens with one attached hydrogen (secondary N) is 2. The molecule has 7 nitrogen and oxygen atoms in total. The summed E-state index contributed by atoms with van der Waals surface area (Å²) in [4.78, 5) is 11.7. The standard InChI is InChI=1S/C18H22N2O5S/c1-12(2)19-16-10-5-13(18(21)25-4)11-17(16)26(22,23)20-14-6-8-15(24-3)9-7-14/h5-12,19-20H,1-4H3. The normalized spacial score (nSPS) is 11.1. The van der Waals surface area contributed by atoms with Gasteiger partial charge in [-0.05, 0) is 56.3 Å². The van der Waals surface area contributed by atoms with Crippen LogP contribution in [0.15, 0.2) is 47.4 Å². The van der Waals surface area contributed by atoms with Gasteiger partial charge in [0, 0.05) is 11.7 Å². The van der Waals surface area contributed by atoms with Gasteiger partial charge in [0.15, 0.2) is 0 Å². The van der Waals surface area contributed by atoms with Gasteiger partial charge in [-0.2, -0.15) is 0 Å². The molecule has 26 heavy (non-hydrogen) atoms. The first-order chi connectivity index (χ1) is 12.3. The van der Waals surface area contributed by atoms with Gasteiger partial charge in [-0.15, -0.1) is 0 Å². The lowest BCUT2D eigenvalue weighted by atomic mass is 10.2. The van der Waals surface area contributed by atoms with Gasteiger partial charge < -0.3 is 14.8 Å². The summed E-state index contributed by atoms with van der Waals surface area (Å²) in [6.45, 7) is 3.78. The van der Waals surface area contributed by atoms with Crippen molar-refractivity contribution in [3.63, 3.8) is 0 Å². The highest BCUT2D eigenvalue weighted by molar-refractivity contribution is 7.92. The van der Waals surface area contributed by atoms with Crippen LogP contribution in [0.4, 0.5) is 11.4 Å². The zero-order valence-corrected chi connectivity index (χ0v) is 15.9. The van der Waals surface area contributed by atoms with E-state index in [9.17, 15) is 13.2 Å². The molecule has 2 aromatic carbocycles. The molecule has 2 rings (SSSR count). The fourth-order valence-corrected chi connectivity index (χ4v) is 3.54. The first-order valence-electron chi connectivity index (χ1n) is 7.92. The van der Waals surface area contributed by atoms with Crippen LogP contribution in [0.1, 0.15) is 24.2 Å². The van der Waals surface area contributed by atoms with Gasteiger partial charge in [0.2, 0.25) is 0 Å². The van der Waals surface area contributed by atoms with Crippen molar-refractivity contribution in [3.05, 3.63) is 48.0 Å². The fraction of sp³-hybridized carbons (Fsp3) is 0.278. The number of methoxy groups -OCH3 is 2. The fourth-order valence-electron chi connectivity index (χ4n) is 2.29. The predicted octanol–water partition coefficient (Wildman–Crippen LogP) is 3.10. The predicted molar refractivity (Wildman–Crippen MR) is 100 cm³/mol. The van der Waals surface area contributed by atoms with Crippen LogP contribution in [0, 0.1) is 0 Å². The van der Waals surface area contributed by atoms with Gasteiger partial charge in [-0.1, -0.05) is 0 Å². The second-order valence-corrected chi connectivity index (χ2v) is 7.49. The molecule has 0 heterocycles. The third-order valence-corrected chi connectivity index (χ3v) is 4.90. The molecule has 0 amide bonds. The molecule has 0 aliphatic heterocycles. The van der Waals surface area contributed by atoms with E-state index < -0.39 is 16.0 Å². The van der Waals surface area contributed by atoms with E-state index in [2.05, 4.69) is 14.8 Å². The Labute approximate surface area is 153 Å². The number of hydrogen-bond acceptors (Lipinski definition) is 6. The zero-order valence-electron chi connectivity index (χ0n) is 15.1. The van der Waals surface area contributed by atoms with Crippen molar-refractivity contribution >= 4 is 27.4 Å². The molecule has 0 saturated heterocycles. The van der Waals surface area contributed by atoms with Gasteiger partial charge in [0.05, 0.1) is 25.5 Å². The number of carbonyl (C=O) groups is 1. The maximum absolute atomic E-state index is 12.9. The van der Waals surface area contributed by atoms with Crippen LogP contribution in [0.25, 0.3) is 0 Å². The maximum Gasteiger partial charge on any atom is 0.337 e. The van der Waals surface area contributed by atoms with Crippen LogP contribution >= 0.6 is 0 Å². The summed E-state index contributed by atoms with van der Waals surface area (Å²) in [5, 5.41) is 3.08. The van der Waals surface area contributed by atoms with E-state index in [0.717, 1.165) is 0 Å². The molecule has 0 unspecified atom stereocenters. The first-order valence-corrected chi connectivity index (χ1v) is 9.41. The van der Waals surface area contributed by atoms with Gasteiger partial charge in [-0.3, -0.25) is 4.72 Å². The Morgan fingerprint density at radius 3 is 2.23 bits per heavy atom. The molecular formula is C18H22N2O5S. The lowest BCUT2D eigenvalue weighted by Crippen LogP contribution is -2.19. The van der Waals surface area contributed by atoms with E-state index in [-0.39, 0.29) is 16.5 Å². The molecule has 8 heteroatoms. The Morgan fingerprint density at radius 1 is 1.04 bits per heavy atom. The molecule has 0 atom stereocenters. The number of carbonyl (C=O) groups excluding carboxylic acids is 1. The van der Waals surface area contributed by atoms with Crippen LogP contribution in [0.2, 0.25) is 0 Å². The highest BCUT2D eigenvalue weighted by Crippen LogP contribution is 2.27. The third-order valence-electron chi connectivity index (χ3n) is 3.48. The topological polar surface area (TPSA) is 93.7 Å². The number of hydrogen-bond donors (Lipinski definition) is 2. The number of ether oxygens (including phenoxy) is 2. The molecule has 0 aromatic heterocycles. The van der Waals surface area contributed by atoms with Crippen molar-refractivity contribution in [2.75, 3.05) is 24.3 Å². The summed E-state index contributed by atoms with van der Waals surface area (Å²) in [7, 11) is -1.16. The average molecular weight is 378 g/mol. The third kappa shape index (κ3) is 4.66.